The molecule has 0 unspecified atom stereocenters. The number of piperazine rings is 1. The SMILES string of the molecule is Cc1nc2c(N3CCNCC3)nc3cc(F)c(Cl)cc3n2n1. The molecule has 1 aromatic carbocycles. The number of aromatic nitrogens is 4. The van der Waals surface area contributed by atoms with E-state index in [1.54, 1.807) is 10.6 Å². The van der Waals surface area contributed by atoms with Gasteiger partial charge in [0.25, 0.3) is 0 Å². The molecule has 4 rings (SSSR count). The number of nitrogens with zero attached hydrogens (tertiary/aromatic N) is 5. The minimum Gasteiger partial charge on any atom is -0.351 e. The lowest BCUT2D eigenvalue weighted by Gasteiger charge is -2.28. The molecule has 3 heterocycles. The van der Waals surface area contributed by atoms with Crippen LogP contribution in [0.3, 0.4) is 0 Å². The van der Waals surface area contributed by atoms with E-state index in [2.05, 4.69) is 25.3 Å². The Morgan fingerprint density at radius 1 is 1.23 bits per heavy atom. The van der Waals surface area contributed by atoms with Crippen molar-refractivity contribution in [2.45, 2.75) is 6.92 Å². The van der Waals surface area contributed by atoms with E-state index in [0.29, 0.717) is 22.5 Å². The third-order valence-electron chi connectivity index (χ3n) is 3.80. The zero-order valence-electron chi connectivity index (χ0n) is 12.0. The second-order valence-corrected chi connectivity index (χ2v) is 5.73. The second-order valence-electron chi connectivity index (χ2n) is 5.32. The van der Waals surface area contributed by atoms with Gasteiger partial charge in [0.2, 0.25) is 0 Å². The van der Waals surface area contributed by atoms with Crippen molar-refractivity contribution < 1.29 is 4.39 Å². The second kappa shape index (κ2) is 5.03. The van der Waals surface area contributed by atoms with E-state index in [1.807, 2.05) is 6.92 Å². The Balaban J connectivity index is 2.03. The van der Waals surface area contributed by atoms with E-state index in [4.69, 9.17) is 11.6 Å². The van der Waals surface area contributed by atoms with E-state index in [1.165, 1.54) is 6.07 Å². The molecule has 3 aromatic rings. The Labute approximate surface area is 130 Å². The number of hydrogen-bond donors (Lipinski definition) is 1. The number of aryl methyl sites for hydroxylation is 1. The minimum atomic E-state index is -0.482. The number of fused-ring (bicyclic) bond motifs is 3. The molecular formula is C14H14ClFN6. The highest BCUT2D eigenvalue weighted by Crippen LogP contribution is 2.27. The molecule has 1 saturated heterocycles. The Bertz CT molecular complexity index is 871. The van der Waals surface area contributed by atoms with Gasteiger partial charge < -0.3 is 10.2 Å². The highest BCUT2D eigenvalue weighted by atomic mass is 35.5. The van der Waals surface area contributed by atoms with Crippen LogP contribution in [-0.4, -0.2) is 45.8 Å². The van der Waals surface area contributed by atoms with Crippen molar-refractivity contribution in [3.05, 3.63) is 28.8 Å². The molecule has 1 aliphatic rings. The Kier molecular flexibility index (Phi) is 3.12. The number of hydrogen-bond acceptors (Lipinski definition) is 5. The highest BCUT2D eigenvalue weighted by molar-refractivity contribution is 6.31. The summed E-state index contributed by atoms with van der Waals surface area (Å²) in [5.41, 5.74) is 1.85. The average molecular weight is 321 g/mol. The standard InChI is InChI=1S/C14H14ClFN6/c1-8-18-14-13(21-4-2-17-3-5-21)19-11-7-10(16)9(15)6-12(11)22(14)20-8/h6-7,17H,2-5H2,1H3. The van der Waals surface area contributed by atoms with E-state index < -0.39 is 5.82 Å². The van der Waals surface area contributed by atoms with Crippen LogP contribution in [0.5, 0.6) is 0 Å². The summed E-state index contributed by atoms with van der Waals surface area (Å²) in [4.78, 5) is 11.2. The number of anilines is 1. The van der Waals surface area contributed by atoms with Crippen molar-refractivity contribution in [2.75, 3.05) is 31.1 Å². The van der Waals surface area contributed by atoms with Crippen molar-refractivity contribution in [1.82, 2.24) is 24.9 Å². The smallest absolute Gasteiger partial charge is 0.199 e. The van der Waals surface area contributed by atoms with Gasteiger partial charge >= 0.3 is 0 Å². The van der Waals surface area contributed by atoms with Crippen LogP contribution in [0.4, 0.5) is 10.2 Å². The normalized spacial score (nSPS) is 15.9. The topological polar surface area (TPSA) is 58.4 Å². The van der Waals surface area contributed by atoms with Crippen LogP contribution < -0.4 is 10.2 Å². The molecule has 114 valence electrons. The summed E-state index contributed by atoms with van der Waals surface area (Å²) >= 11 is 5.90. The molecule has 0 bridgehead atoms. The maximum absolute atomic E-state index is 13.8. The number of benzene rings is 1. The van der Waals surface area contributed by atoms with E-state index >= 15 is 0 Å². The molecule has 0 amide bonds. The fourth-order valence-corrected chi connectivity index (χ4v) is 2.92. The van der Waals surface area contributed by atoms with E-state index in [9.17, 15) is 4.39 Å². The minimum absolute atomic E-state index is 0.0543. The molecule has 8 heteroatoms. The van der Waals surface area contributed by atoms with Crippen LogP contribution in [0.2, 0.25) is 5.02 Å². The largest absolute Gasteiger partial charge is 0.351 e. The van der Waals surface area contributed by atoms with Gasteiger partial charge in [-0.15, -0.1) is 0 Å². The molecule has 0 saturated carbocycles. The average Bonchev–Trinajstić information content (AvgIpc) is 2.91. The monoisotopic (exact) mass is 320 g/mol. The molecule has 2 aromatic heterocycles. The molecule has 0 atom stereocenters. The Hall–Kier alpha value is -1.99. The Morgan fingerprint density at radius 3 is 2.77 bits per heavy atom. The van der Waals surface area contributed by atoms with Crippen LogP contribution >= 0.6 is 11.6 Å². The predicted molar refractivity (Wildman–Crippen MR) is 83.1 cm³/mol. The fraction of sp³-hybridized carbons (Fsp3) is 0.357. The summed E-state index contributed by atoms with van der Waals surface area (Å²) in [6.07, 6.45) is 0. The van der Waals surface area contributed by atoms with Gasteiger partial charge in [0.1, 0.15) is 11.6 Å². The zero-order chi connectivity index (χ0) is 15.3. The fourth-order valence-electron chi connectivity index (χ4n) is 2.77. The molecule has 22 heavy (non-hydrogen) atoms. The quantitative estimate of drug-likeness (QED) is 0.741. The number of rotatable bonds is 1. The summed E-state index contributed by atoms with van der Waals surface area (Å²) in [6, 6.07) is 2.89. The van der Waals surface area contributed by atoms with Gasteiger partial charge in [-0.25, -0.2) is 18.9 Å². The molecule has 0 radical (unpaired) electrons. The van der Waals surface area contributed by atoms with Crippen molar-refractivity contribution in [3.63, 3.8) is 0 Å². The van der Waals surface area contributed by atoms with Gasteiger partial charge in [-0.1, -0.05) is 11.6 Å². The first-order valence-electron chi connectivity index (χ1n) is 7.11. The van der Waals surface area contributed by atoms with E-state index in [-0.39, 0.29) is 5.02 Å². The van der Waals surface area contributed by atoms with Gasteiger partial charge in [-0.2, -0.15) is 5.10 Å². The Morgan fingerprint density at radius 2 is 2.00 bits per heavy atom. The molecule has 1 fully saturated rings. The zero-order valence-corrected chi connectivity index (χ0v) is 12.7. The lowest BCUT2D eigenvalue weighted by atomic mass is 10.2. The summed E-state index contributed by atoms with van der Waals surface area (Å²) < 4.78 is 15.5. The lowest BCUT2D eigenvalue weighted by molar-refractivity contribution is 0.585. The molecule has 0 aliphatic carbocycles. The summed E-state index contributed by atoms with van der Waals surface area (Å²) in [6.45, 7) is 5.25. The van der Waals surface area contributed by atoms with Crippen molar-refractivity contribution in [2.24, 2.45) is 0 Å². The molecule has 6 nitrogen and oxygen atoms in total. The first-order chi connectivity index (χ1) is 10.6. The maximum Gasteiger partial charge on any atom is 0.199 e. The van der Waals surface area contributed by atoms with Gasteiger partial charge in [0.15, 0.2) is 11.5 Å². The molecule has 0 spiro atoms. The van der Waals surface area contributed by atoms with Gasteiger partial charge in [0, 0.05) is 32.2 Å². The summed E-state index contributed by atoms with van der Waals surface area (Å²) in [7, 11) is 0. The van der Waals surface area contributed by atoms with Crippen LogP contribution in [0.15, 0.2) is 12.1 Å². The lowest BCUT2D eigenvalue weighted by Crippen LogP contribution is -2.44. The van der Waals surface area contributed by atoms with Gasteiger partial charge in [-0.05, 0) is 13.0 Å². The molecule has 1 aliphatic heterocycles. The first kappa shape index (κ1) is 13.7. The first-order valence-corrected chi connectivity index (χ1v) is 7.49. The van der Waals surface area contributed by atoms with Crippen LogP contribution in [0, 0.1) is 12.7 Å². The third kappa shape index (κ3) is 2.08. The van der Waals surface area contributed by atoms with Gasteiger partial charge in [-0.3, -0.25) is 0 Å². The third-order valence-corrected chi connectivity index (χ3v) is 4.09. The van der Waals surface area contributed by atoms with Gasteiger partial charge in [0.05, 0.1) is 16.1 Å². The summed E-state index contributed by atoms with van der Waals surface area (Å²) in [5, 5.41) is 7.77. The molecule has 1 N–H and O–H groups in total. The van der Waals surface area contributed by atoms with Crippen LogP contribution in [-0.2, 0) is 0 Å². The highest BCUT2D eigenvalue weighted by Gasteiger charge is 2.20. The summed E-state index contributed by atoms with van der Waals surface area (Å²) in [5.74, 6) is 0.895. The van der Waals surface area contributed by atoms with Crippen molar-refractivity contribution in [1.29, 1.82) is 0 Å². The maximum atomic E-state index is 13.8. The van der Waals surface area contributed by atoms with Crippen molar-refractivity contribution >= 4 is 34.1 Å². The van der Waals surface area contributed by atoms with Crippen LogP contribution in [0.25, 0.3) is 16.7 Å². The van der Waals surface area contributed by atoms with E-state index in [0.717, 1.165) is 32.0 Å². The van der Waals surface area contributed by atoms with Crippen molar-refractivity contribution in [3.8, 4) is 0 Å². The number of nitrogens with one attached hydrogen (secondary N) is 1. The van der Waals surface area contributed by atoms with Crippen LogP contribution in [0.1, 0.15) is 5.82 Å². The molecular weight excluding hydrogens is 307 g/mol. The number of halogens is 2. The predicted octanol–water partition coefficient (Wildman–Crippen LogP) is 1.79.